The number of nitrogens with zero attached hydrogens (tertiary/aromatic N) is 5. The summed E-state index contributed by atoms with van der Waals surface area (Å²) in [6, 6.07) is 55.7. The molecule has 354 valence electrons. The zero-order valence-corrected chi connectivity index (χ0v) is 41.1. The van der Waals surface area contributed by atoms with Gasteiger partial charge in [0, 0.05) is 58.5 Å². The molecule has 7 heteroatoms. The van der Waals surface area contributed by atoms with Crippen molar-refractivity contribution in [2.24, 2.45) is 0 Å². The molecule has 4 heterocycles. The van der Waals surface area contributed by atoms with Gasteiger partial charge in [0.05, 0.1) is 53.3 Å². The van der Waals surface area contributed by atoms with Gasteiger partial charge >= 0.3 is 0 Å². The van der Waals surface area contributed by atoms with E-state index in [0.29, 0.717) is 39.5 Å². The number of hydrogen-bond donors (Lipinski definition) is 0. The normalized spacial score (nSPS) is 14.1. The standard InChI is InChI=1S/C67H43N5O.Pt/c1-45-40-65(68-43-64(45)72-60-35-14-12-29-56(60)58-33-19-32-54(67(58)72)48-24-9-4-10-25-48)71-59-34-13-11-28-55(59)57-39-38-51(42-63(57)71)73-50-27-17-26-49(41-50)69-44-70(62-37-16-15-36-61(62)69)66-52(46-20-5-2-6-21-46)30-18-31-53(66)47-22-7-3-8-23-47;/h2-40,43H,1H3;/q-2;/i1D3,2D,3D,5D,6D,7D,8D,20D,21D,22D,23D;. The van der Waals surface area contributed by atoms with E-state index < -0.39 is 67.3 Å². The molecule has 0 aliphatic heterocycles. The molecule has 0 saturated carbocycles. The molecule has 10 aromatic carbocycles. The van der Waals surface area contributed by atoms with Gasteiger partial charge in [-0.05, 0) is 69.5 Å². The summed E-state index contributed by atoms with van der Waals surface area (Å²) in [5.41, 5.74) is 6.94. The van der Waals surface area contributed by atoms with Gasteiger partial charge in [0.2, 0.25) is 0 Å². The number of hydrogen-bond acceptors (Lipinski definition) is 2. The molecule has 0 aliphatic carbocycles. The molecular formula is C67H43N5OPt-2. The quantitative estimate of drug-likeness (QED) is 0.107. The van der Waals surface area contributed by atoms with Crippen LogP contribution < -0.4 is 9.30 Å². The van der Waals surface area contributed by atoms with Crippen LogP contribution in [-0.4, -0.2) is 18.7 Å². The minimum absolute atomic E-state index is 0. The van der Waals surface area contributed by atoms with Gasteiger partial charge in [0.1, 0.15) is 5.82 Å². The van der Waals surface area contributed by atoms with E-state index in [1.807, 2.05) is 112 Å². The van der Waals surface area contributed by atoms with Gasteiger partial charge in [0.15, 0.2) is 0 Å². The summed E-state index contributed by atoms with van der Waals surface area (Å²) < 4.78 is 129. The summed E-state index contributed by atoms with van der Waals surface area (Å²) in [5.74, 6) is 0.919. The van der Waals surface area contributed by atoms with Crippen LogP contribution in [0.15, 0.2) is 243 Å². The second kappa shape index (κ2) is 18.5. The molecule has 0 radical (unpaired) electrons. The molecule has 0 N–H and O–H groups in total. The molecule has 14 rings (SSSR count). The van der Waals surface area contributed by atoms with E-state index in [4.69, 9.17) is 27.5 Å². The molecule has 14 aromatic rings. The molecule has 0 spiro atoms. The average molecular weight is 1140 g/mol. The van der Waals surface area contributed by atoms with Gasteiger partial charge in [-0.1, -0.05) is 193 Å². The number of pyridine rings is 1. The van der Waals surface area contributed by atoms with Crippen LogP contribution in [0, 0.1) is 25.3 Å². The fraction of sp³-hybridized carbons (Fsp3) is 0.0149. The van der Waals surface area contributed by atoms with Crippen LogP contribution in [0.4, 0.5) is 0 Å². The Morgan fingerprint density at radius 3 is 1.88 bits per heavy atom. The van der Waals surface area contributed by atoms with E-state index in [0.717, 1.165) is 49.2 Å². The van der Waals surface area contributed by atoms with Crippen molar-refractivity contribution in [3.63, 3.8) is 0 Å². The van der Waals surface area contributed by atoms with Crippen molar-refractivity contribution in [3.8, 4) is 67.8 Å². The zero-order valence-electron chi connectivity index (χ0n) is 51.8. The Bertz CT molecular complexity index is 5030. The number of para-hydroxylation sites is 6. The van der Waals surface area contributed by atoms with E-state index in [9.17, 15) is 0 Å². The van der Waals surface area contributed by atoms with Gasteiger partial charge in [-0.25, -0.2) is 4.98 Å². The maximum atomic E-state index is 9.07. The van der Waals surface area contributed by atoms with Crippen LogP contribution in [0.1, 0.15) is 23.4 Å². The zero-order chi connectivity index (χ0) is 59.6. The van der Waals surface area contributed by atoms with Crippen molar-refractivity contribution in [3.05, 3.63) is 267 Å². The smallest absolute Gasteiger partial charge is 0.268 e. The predicted molar refractivity (Wildman–Crippen MR) is 295 cm³/mol. The molecule has 0 bridgehead atoms. The summed E-state index contributed by atoms with van der Waals surface area (Å²) in [6.45, 7) is -2.59. The maximum absolute atomic E-state index is 9.07. The van der Waals surface area contributed by atoms with Crippen molar-refractivity contribution in [1.82, 2.24) is 18.7 Å². The molecule has 0 atom stereocenters. The van der Waals surface area contributed by atoms with E-state index in [2.05, 4.69) is 30.6 Å². The SMILES string of the molecule is [2H]c1c([2H])c([2H])c(-c2cccc(-c3c([2H])c([2H])c([2H])c([2H])c3[2H])c2-[n+]2[c-]n(-c3[c-]c(Oc4[c-]c5c(cc4)c4ccccc4n5-c4cc(C([2H])([2H])[2H])c(-n5c6ccccc6c6cccc(-c7ccccc7)c65)cn4)ccc3)c3ccccc32)c([2H])c1[2H].[Pt]. The Morgan fingerprint density at radius 2 is 1.14 bits per heavy atom. The number of ether oxygens (including phenoxy) is 1. The van der Waals surface area contributed by atoms with Crippen LogP contribution in [0.2, 0.25) is 0 Å². The van der Waals surface area contributed by atoms with Gasteiger partial charge in [-0.15, -0.1) is 29.7 Å². The molecule has 6 nitrogen and oxygen atoms in total. The second-order valence-corrected chi connectivity index (χ2v) is 17.4. The van der Waals surface area contributed by atoms with Gasteiger partial charge in [-0.3, -0.25) is 4.57 Å². The van der Waals surface area contributed by atoms with Crippen LogP contribution >= 0.6 is 0 Å². The first kappa shape index (κ1) is 32.8. The molecule has 0 aliphatic rings. The first-order chi connectivity index (χ1) is 41.5. The number of imidazole rings is 1. The second-order valence-electron chi connectivity index (χ2n) is 17.4. The van der Waals surface area contributed by atoms with Crippen molar-refractivity contribution in [1.29, 1.82) is 0 Å². The van der Waals surface area contributed by atoms with Crippen molar-refractivity contribution < 1.29 is 48.2 Å². The molecule has 4 aromatic heterocycles. The molecule has 0 saturated heterocycles. The largest absolute Gasteiger partial charge is 0.510 e. The first-order valence-corrected chi connectivity index (χ1v) is 23.5. The summed E-state index contributed by atoms with van der Waals surface area (Å²) in [6.07, 6.45) is 5.03. The van der Waals surface area contributed by atoms with Gasteiger partial charge < -0.3 is 18.4 Å². The Balaban J connectivity index is 0.00000700. The predicted octanol–water partition coefficient (Wildman–Crippen LogP) is 16.0. The van der Waals surface area contributed by atoms with Gasteiger partial charge in [-0.2, -0.15) is 18.2 Å². The molecule has 0 amide bonds. The van der Waals surface area contributed by atoms with Crippen LogP contribution in [0.3, 0.4) is 0 Å². The summed E-state index contributed by atoms with van der Waals surface area (Å²) in [5, 5.41) is 3.63. The van der Waals surface area contributed by atoms with Crippen LogP contribution in [0.5, 0.6) is 11.5 Å². The third kappa shape index (κ3) is 7.45. The van der Waals surface area contributed by atoms with Crippen LogP contribution in [0.25, 0.3) is 111 Å². The number of fused-ring (bicyclic) bond motifs is 7. The fourth-order valence-corrected chi connectivity index (χ4v) is 10.1. The monoisotopic (exact) mass is 1140 g/mol. The Kier molecular flexibility index (Phi) is 8.20. The average Bonchev–Trinajstić information content (AvgIpc) is 1.73. The fourth-order valence-electron chi connectivity index (χ4n) is 10.1. The summed E-state index contributed by atoms with van der Waals surface area (Å²) in [4.78, 5) is 5.09. The van der Waals surface area contributed by atoms with E-state index in [1.54, 1.807) is 76.0 Å². The van der Waals surface area contributed by atoms with Crippen molar-refractivity contribution in [2.45, 2.75) is 6.85 Å². The molecule has 0 unspecified atom stereocenters. The van der Waals surface area contributed by atoms with Gasteiger partial charge in [0.25, 0.3) is 6.33 Å². The molecule has 0 fully saturated rings. The van der Waals surface area contributed by atoms with Crippen molar-refractivity contribution >= 4 is 54.6 Å². The Morgan fingerprint density at radius 1 is 0.527 bits per heavy atom. The Hall–Kier alpha value is -9.09. The molecule has 74 heavy (non-hydrogen) atoms. The summed E-state index contributed by atoms with van der Waals surface area (Å²) in [7, 11) is 0. The molecular weight excluding hydrogens is 1090 g/mol. The summed E-state index contributed by atoms with van der Waals surface area (Å²) >= 11 is 0. The van der Waals surface area contributed by atoms with E-state index >= 15 is 0 Å². The van der Waals surface area contributed by atoms with Crippen molar-refractivity contribution in [2.75, 3.05) is 0 Å². The third-order valence-electron chi connectivity index (χ3n) is 13.3. The Labute approximate surface area is 460 Å². The number of aromatic nitrogens is 5. The third-order valence-corrected chi connectivity index (χ3v) is 13.3. The topological polar surface area (TPSA) is 40.8 Å². The van der Waals surface area contributed by atoms with E-state index in [-0.39, 0.29) is 60.3 Å². The van der Waals surface area contributed by atoms with E-state index in [1.165, 1.54) is 0 Å². The first-order valence-electron chi connectivity index (χ1n) is 30.0. The number of benzene rings is 10. The minimum Gasteiger partial charge on any atom is -0.510 e. The van der Waals surface area contributed by atoms with Crippen LogP contribution in [-0.2, 0) is 21.1 Å². The number of rotatable bonds is 9. The minimum atomic E-state index is -2.59. The number of aryl methyl sites for hydroxylation is 1. The maximum Gasteiger partial charge on any atom is 0.268 e.